The van der Waals surface area contributed by atoms with E-state index < -0.39 is 62.1 Å². The number of allylic oxidation sites excluding steroid dienone is 1. The molecule has 8 amide bonds. The number of aromatic nitrogens is 6. The normalized spacial score (nSPS) is 11.8. The number of hydrogen-bond donors (Lipinski definition) is 20. The summed E-state index contributed by atoms with van der Waals surface area (Å²) >= 11 is 36.7. The average molecular weight is 2230 g/mol. The van der Waals surface area contributed by atoms with Gasteiger partial charge in [-0.1, -0.05) is 6.08 Å². The van der Waals surface area contributed by atoms with Crippen molar-refractivity contribution in [3.05, 3.63) is 12.3 Å². The van der Waals surface area contributed by atoms with E-state index >= 15 is 0 Å². The molecule has 136 heavy (non-hydrogen) atoms. The van der Waals surface area contributed by atoms with Crippen molar-refractivity contribution in [2.75, 3.05) is 128 Å². The number of nitrogens with zero attached hydrogens (tertiary/aromatic N) is 7. The van der Waals surface area contributed by atoms with E-state index in [9.17, 15) is 19.2 Å². The molecule has 63 heteroatoms. The average Bonchev–Trinajstić information content (AvgIpc) is 0.816. The Labute approximate surface area is 868 Å². The molecule has 0 aliphatic rings. The van der Waals surface area contributed by atoms with Gasteiger partial charge in [0, 0.05) is 244 Å². The predicted octanol–water partition coefficient (Wildman–Crippen LogP) is 7.34. The third-order valence-electron chi connectivity index (χ3n) is 14.4. The van der Waals surface area contributed by atoms with Crippen molar-refractivity contribution in [2.24, 2.45) is 40.2 Å². The van der Waals surface area contributed by atoms with E-state index in [2.05, 4.69) is 206 Å². The Morgan fingerprint density at radius 3 is 0.750 bits per heavy atom. The summed E-state index contributed by atoms with van der Waals surface area (Å²) < 4.78 is 93.1. The van der Waals surface area contributed by atoms with Crippen LogP contribution in [0.5, 0.6) is 0 Å². The number of nitrogen functional groups attached to an aromatic ring is 3. The number of hydrogen-bond acceptors (Lipinski definition) is 49. The summed E-state index contributed by atoms with van der Waals surface area (Å²) in [5.41, 5.74) is 12.6. The Bertz CT molecular complexity index is 3270. The van der Waals surface area contributed by atoms with Crippen LogP contribution in [0.25, 0.3) is 0 Å². The van der Waals surface area contributed by atoms with Gasteiger partial charge < -0.3 is 108 Å². The van der Waals surface area contributed by atoms with E-state index in [1.54, 1.807) is 70.0 Å². The monoisotopic (exact) mass is 2230 g/mol. The summed E-state index contributed by atoms with van der Waals surface area (Å²) in [5, 5.41) is 23.4. The molecule has 0 bridgehead atoms. The van der Waals surface area contributed by atoms with Gasteiger partial charge in [0.1, 0.15) is 0 Å². The molecular formula is C73H169N27O20S10Si6. The number of rotatable bonds is 48. The summed E-state index contributed by atoms with van der Waals surface area (Å²) in [7, 11) is -1.32. The number of hydrazone groups is 1. The van der Waals surface area contributed by atoms with Gasteiger partial charge in [0.15, 0.2) is 9.76 Å². The van der Waals surface area contributed by atoms with Gasteiger partial charge in [-0.2, -0.15) is 35.0 Å². The van der Waals surface area contributed by atoms with Crippen LogP contribution in [0.2, 0.25) is 36.3 Å². The lowest BCUT2D eigenvalue weighted by Crippen LogP contribution is -2.53. The molecule has 0 aliphatic carbocycles. The molecule has 2 heterocycles. The van der Waals surface area contributed by atoms with Gasteiger partial charge in [-0.05, 0) is 231 Å². The molecular weight excluding hydrogens is 2060 g/mol. The third kappa shape index (κ3) is 88.8. The second-order valence-corrected chi connectivity index (χ2v) is 50.8. The molecule has 0 unspecified atom stereocenters. The van der Waals surface area contributed by atoms with Gasteiger partial charge in [-0.25, -0.2) is 59.7 Å². The lowest BCUT2D eigenvalue weighted by Gasteiger charge is -2.39. The van der Waals surface area contributed by atoms with E-state index in [4.69, 9.17) is 106 Å². The second-order valence-electron chi connectivity index (χ2n) is 35.3. The van der Waals surface area contributed by atoms with Crippen LogP contribution in [-0.4, -0.2) is 255 Å². The first-order valence-corrected chi connectivity index (χ1v) is 60.4. The standard InChI is InChI=1S/C18H37N7O3Si.C15H34N8O3Si.2C13H31N3O4Si.C7H19N3O4Si.C7H17N3O2Si.5S2/c1-9-11-20-14-22-15(24-16(23-14)25-19)21-12-10-13-29(26-8,27-17(2,3)4)28-18(5,6)7;1-14(2,3)25-27(24-7,26-15(4,5)6)10-8-9-18-11-19-12(22-16)21-13(20-11)23-17;2*1-12(2,3)19-21(18-7,20-13(4,5)6)10-8-9-15-11(17)16-14;1-12-15(13-2,14-3)6-4-5-9-7(11)10-8;1-3-9-10-7(11)8-5-4-6-13-12-2;5*1-2/h9,11H,10,12-13,19H2,1-8H3,(H3,20,21,22,23,24,25);8-10,16-17H2,1-7H3,(H3,18,19,20,21,22,23);2*8-10,14H2,1-7H3,(H2,15,16,17);4-6,8H2,1-3H3,(H2,9,10,11);3H,4-6,13H2,1-2H3,(H2,8,10,11);;;;;/b11-9+;;;;;9-3+;;;;;. The minimum absolute atomic E-state index is 0.202. The molecule has 0 saturated carbocycles. The first-order chi connectivity index (χ1) is 63.1. The molecule has 0 fully saturated rings. The van der Waals surface area contributed by atoms with E-state index in [1.165, 1.54) is 6.21 Å². The second kappa shape index (κ2) is 83.3. The maximum Gasteiger partial charge on any atom is 0.501 e. The molecule has 0 aromatic carbocycles. The van der Waals surface area contributed by atoms with Gasteiger partial charge in [0.05, 0.1) is 44.8 Å². The van der Waals surface area contributed by atoms with E-state index in [0.29, 0.717) is 107 Å². The highest BCUT2D eigenvalue weighted by Crippen LogP contribution is 2.33. The fourth-order valence-corrected chi connectivity index (χ4v) is 25.1. The van der Waals surface area contributed by atoms with Crippen LogP contribution in [0, 0.1) is 0 Å². The van der Waals surface area contributed by atoms with Crippen molar-refractivity contribution in [3.8, 4) is 0 Å². The number of carbonyl (C=O) groups is 4. The van der Waals surface area contributed by atoms with Crippen LogP contribution in [0.15, 0.2) is 17.4 Å². The van der Waals surface area contributed by atoms with Crippen molar-refractivity contribution in [1.82, 2.24) is 72.9 Å². The third-order valence-corrected chi connectivity index (χ3v) is 32.1. The zero-order chi connectivity index (χ0) is 108. The summed E-state index contributed by atoms with van der Waals surface area (Å²) in [5.74, 6) is 32.9. The highest BCUT2D eigenvalue weighted by Gasteiger charge is 2.50. The van der Waals surface area contributed by atoms with Crippen LogP contribution in [0.4, 0.5) is 54.9 Å². The van der Waals surface area contributed by atoms with E-state index in [0.717, 1.165) is 25.3 Å². The molecule has 26 N–H and O–H groups in total. The van der Waals surface area contributed by atoms with Crippen LogP contribution < -0.4 is 110 Å². The number of urea groups is 4. The van der Waals surface area contributed by atoms with Gasteiger partial charge in [-0.3, -0.25) is 32.6 Å². The minimum atomic E-state index is -2.87. The quantitative estimate of drug-likeness (QED) is 0.00769. The van der Waals surface area contributed by atoms with Crippen molar-refractivity contribution < 1.29 is 90.0 Å². The van der Waals surface area contributed by atoms with Crippen molar-refractivity contribution >= 4 is 232 Å². The molecule has 0 spiro atoms. The Kier molecular flexibility index (Phi) is 91.6. The number of amides is 8. The zero-order valence-corrected chi connectivity index (χ0v) is 101. The highest BCUT2D eigenvalue weighted by atomic mass is 32.8. The van der Waals surface area contributed by atoms with Crippen molar-refractivity contribution in [3.63, 3.8) is 0 Å². The van der Waals surface area contributed by atoms with Gasteiger partial charge in [0.25, 0.3) is 0 Å². The van der Waals surface area contributed by atoms with Gasteiger partial charge in [-0.15, -0.1) is 0 Å². The SMILES string of the molecule is C/C=C/Nc1nc(NN)nc(NCCC[Si](OC)(OC(C)(C)C)OC(C)(C)C)n1.C/C=N/NC(=O)NCCC[SiH2]OC.CO[Si](CCCNC(=O)NN)(OC(C)(C)C)OC(C)(C)C.CO[Si](CCCNC(=O)NN)(OC(C)(C)C)OC(C)(C)C.CO[Si](CCCNC(=O)NN)(OC)OC.CO[Si](CCCNc1nc(NN)nc(NN)n1)(OC(C)(C)C)OC(C)(C)C.S=S.S=S.S=S.S=S.S=S. The summed E-state index contributed by atoms with van der Waals surface area (Å²) in [6.45, 7) is 54.6. The number of nitrogens with one attached hydrogen (secondary N) is 14. The van der Waals surface area contributed by atoms with Crippen LogP contribution in [-0.2, 0) is 183 Å². The Hall–Kier alpha value is -4.07. The molecule has 2 aromatic rings. The first-order valence-electron chi connectivity index (χ1n) is 42.5. The predicted molar refractivity (Wildman–Crippen MR) is 582 cm³/mol. The Morgan fingerprint density at radius 2 is 0.537 bits per heavy atom. The molecule has 0 aliphatic heterocycles. The smallest absolute Gasteiger partial charge is 0.427 e. The fourth-order valence-electron chi connectivity index (χ4n) is 10.3. The summed E-state index contributed by atoms with van der Waals surface area (Å²) in [4.78, 5) is 68.5. The van der Waals surface area contributed by atoms with Gasteiger partial charge in [0.2, 0.25) is 35.7 Å². The van der Waals surface area contributed by atoms with Crippen LogP contribution in [0.3, 0.4) is 0 Å². The first kappa shape index (κ1) is 150. The van der Waals surface area contributed by atoms with E-state index in [1.807, 2.05) is 195 Å². The van der Waals surface area contributed by atoms with Crippen LogP contribution >= 0.6 is 0 Å². The summed E-state index contributed by atoms with van der Waals surface area (Å²) in [6, 6.07) is 2.77. The minimum Gasteiger partial charge on any atom is -0.427 e. The summed E-state index contributed by atoms with van der Waals surface area (Å²) in [6.07, 6.45) is 9.61. The van der Waals surface area contributed by atoms with Gasteiger partial charge >= 0.3 is 68.1 Å². The number of anilines is 6. The van der Waals surface area contributed by atoms with Crippen molar-refractivity contribution in [2.45, 2.75) is 300 Å². The molecule has 0 atom stereocenters. The fraction of sp³-hybridized carbons (Fsp3) is 0.822. The van der Waals surface area contributed by atoms with Crippen LogP contribution in [0.1, 0.15) is 219 Å². The maximum absolute atomic E-state index is 11.0. The molecule has 2 aromatic heterocycles. The Balaban J connectivity index is -0.000000203. The largest absolute Gasteiger partial charge is 0.501 e. The molecule has 0 saturated heterocycles. The maximum atomic E-state index is 11.0. The number of carbonyl (C=O) groups excluding carboxylic acids is 4. The molecule has 0 radical (unpaired) electrons. The lowest BCUT2D eigenvalue weighted by molar-refractivity contribution is -0.0379. The molecule has 2 rings (SSSR count). The van der Waals surface area contributed by atoms with E-state index in [-0.39, 0.29) is 78.4 Å². The Morgan fingerprint density at radius 1 is 0.324 bits per heavy atom. The zero-order valence-electron chi connectivity index (χ0n) is 86.5. The highest BCUT2D eigenvalue weighted by molar-refractivity contribution is 8.08. The molecule has 800 valence electrons. The van der Waals surface area contributed by atoms with Crippen molar-refractivity contribution in [1.29, 1.82) is 0 Å². The lowest BCUT2D eigenvalue weighted by atomic mass is 10.2. The topological polar surface area (TPSA) is 630 Å². The molecule has 47 nitrogen and oxygen atoms in total. The number of hydrazine groups is 6. The number of nitrogens with two attached hydrogens (primary N) is 6.